The molecule has 3 rings (SSSR count). The second-order valence-corrected chi connectivity index (χ2v) is 6.86. The van der Waals surface area contributed by atoms with E-state index in [9.17, 15) is 14.7 Å². The molecule has 0 fully saturated rings. The van der Waals surface area contributed by atoms with E-state index in [-0.39, 0.29) is 17.6 Å². The largest absolute Gasteiger partial charge is 0.508 e. The third-order valence-corrected chi connectivity index (χ3v) is 4.77. The highest BCUT2D eigenvalue weighted by molar-refractivity contribution is 6.11. The number of nitrogens with zero attached hydrogens (tertiary/aromatic N) is 1. The highest BCUT2D eigenvalue weighted by atomic mass is 16.5. The molecule has 0 spiro atoms. The summed E-state index contributed by atoms with van der Waals surface area (Å²) in [6, 6.07) is 20.8. The van der Waals surface area contributed by atoms with Crippen LogP contribution < -0.4 is 9.64 Å². The SMILES string of the molecule is CCOC(=O)CCc1ccc(C(=O)N(c2ccc(O)cc2)c2ccc(OC)cc2)cc1. The van der Waals surface area contributed by atoms with Crippen LogP contribution in [0.3, 0.4) is 0 Å². The van der Waals surface area contributed by atoms with Crippen molar-refractivity contribution in [2.24, 2.45) is 0 Å². The van der Waals surface area contributed by atoms with E-state index in [1.165, 1.54) is 12.1 Å². The van der Waals surface area contributed by atoms with Crippen molar-refractivity contribution in [1.82, 2.24) is 0 Å². The molecule has 0 aromatic heterocycles. The molecule has 0 radical (unpaired) electrons. The van der Waals surface area contributed by atoms with Crippen LogP contribution in [-0.4, -0.2) is 30.7 Å². The van der Waals surface area contributed by atoms with Gasteiger partial charge in [-0.2, -0.15) is 0 Å². The Labute approximate surface area is 181 Å². The van der Waals surface area contributed by atoms with E-state index in [1.807, 2.05) is 12.1 Å². The van der Waals surface area contributed by atoms with Gasteiger partial charge in [0.1, 0.15) is 11.5 Å². The van der Waals surface area contributed by atoms with E-state index >= 15 is 0 Å². The lowest BCUT2D eigenvalue weighted by Crippen LogP contribution is -2.25. The maximum atomic E-state index is 13.4. The molecule has 3 aromatic rings. The Hall–Kier alpha value is -3.80. The first-order valence-electron chi connectivity index (χ1n) is 10.0. The number of amides is 1. The van der Waals surface area contributed by atoms with Gasteiger partial charge in [-0.1, -0.05) is 12.1 Å². The van der Waals surface area contributed by atoms with Crippen molar-refractivity contribution in [1.29, 1.82) is 0 Å². The molecule has 0 aliphatic carbocycles. The van der Waals surface area contributed by atoms with Crippen molar-refractivity contribution in [3.63, 3.8) is 0 Å². The Balaban J connectivity index is 1.85. The summed E-state index contributed by atoms with van der Waals surface area (Å²) in [6.45, 7) is 2.14. The van der Waals surface area contributed by atoms with Crippen LogP contribution in [-0.2, 0) is 16.0 Å². The number of hydrogen-bond acceptors (Lipinski definition) is 5. The molecule has 0 heterocycles. The summed E-state index contributed by atoms with van der Waals surface area (Å²) in [5.74, 6) is 0.359. The summed E-state index contributed by atoms with van der Waals surface area (Å²) in [7, 11) is 1.58. The van der Waals surface area contributed by atoms with Gasteiger partial charge in [0.2, 0.25) is 0 Å². The molecule has 0 saturated carbocycles. The zero-order chi connectivity index (χ0) is 22.2. The average molecular weight is 419 g/mol. The molecule has 31 heavy (non-hydrogen) atoms. The van der Waals surface area contributed by atoms with Crippen LogP contribution >= 0.6 is 0 Å². The number of phenolic OH excluding ortho intramolecular Hbond substituents is 1. The second-order valence-electron chi connectivity index (χ2n) is 6.86. The van der Waals surface area contributed by atoms with Crippen molar-refractivity contribution < 1.29 is 24.2 Å². The van der Waals surface area contributed by atoms with E-state index in [2.05, 4.69) is 0 Å². The molecule has 0 atom stereocenters. The quantitative estimate of drug-likeness (QED) is 0.527. The number of aryl methyl sites for hydroxylation is 1. The maximum absolute atomic E-state index is 13.4. The summed E-state index contributed by atoms with van der Waals surface area (Å²) in [6.07, 6.45) is 0.847. The predicted molar refractivity (Wildman–Crippen MR) is 119 cm³/mol. The van der Waals surface area contributed by atoms with Gasteiger partial charge in [0.25, 0.3) is 5.91 Å². The van der Waals surface area contributed by atoms with Gasteiger partial charge in [0, 0.05) is 23.4 Å². The normalized spacial score (nSPS) is 10.4. The Bertz CT molecular complexity index is 1010. The number of aromatic hydroxyl groups is 1. The van der Waals surface area contributed by atoms with Gasteiger partial charge in [0.05, 0.1) is 13.7 Å². The first-order chi connectivity index (χ1) is 15.0. The first kappa shape index (κ1) is 21.9. The number of hydrogen-bond donors (Lipinski definition) is 1. The fourth-order valence-electron chi connectivity index (χ4n) is 3.14. The zero-order valence-electron chi connectivity index (χ0n) is 17.6. The molecule has 1 N–H and O–H groups in total. The number of methoxy groups -OCH3 is 1. The smallest absolute Gasteiger partial charge is 0.306 e. The molecular formula is C25H25NO5. The van der Waals surface area contributed by atoms with Crippen molar-refractivity contribution in [3.05, 3.63) is 83.9 Å². The van der Waals surface area contributed by atoms with Crippen molar-refractivity contribution in [2.75, 3.05) is 18.6 Å². The number of rotatable bonds is 8. The summed E-state index contributed by atoms with van der Waals surface area (Å²) in [5, 5.41) is 9.63. The second kappa shape index (κ2) is 10.3. The summed E-state index contributed by atoms with van der Waals surface area (Å²) in [4.78, 5) is 26.5. The molecule has 6 heteroatoms. The van der Waals surface area contributed by atoms with Crippen LogP contribution in [0.5, 0.6) is 11.5 Å². The monoisotopic (exact) mass is 419 g/mol. The predicted octanol–water partition coefficient (Wildman–Crippen LogP) is 4.88. The fraction of sp³-hybridized carbons (Fsp3) is 0.200. The minimum atomic E-state index is -0.235. The fourth-order valence-corrected chi connectivity index (χ4v) is 3.14. The third kappa shape index (κ3) is 5.63. The zero-order valence-corrected chi connectivity index (χ0v) is 17.6. The minimum absolute atomic E-state index is 0.122. The molecular weight excluding hydrogens is 394 g/mol. The summed E-state index contributed by atoms with van der Waals surface area (Å²) >= 11 is 0. The van der Waals surface area contributed by atoms with Gasteiger partial charge >= 0.3 is 5.97 Å². The van der Waals surface area contributed by atoms with E-state index in [1.54, 1.807) is 67.5 Å². The minimum Gasteiger partial charge on any atom is -0.508 e. The highest BCUT2D eigenvalue weighted by Gasteiger charge is 2.20. The van der Waals surface area contributed by atoms with Crippen molar-refractivity contribution in [3.8, 4) is 11.5 Å². The molecule has 0 bridgehead atoms. The summed E-state index contributed by atoms with van der Waals surface area (Å²) in [5.41, 5.74) is 2.75. The van der Waals surface area contributed by atoms with Gasteiger partial charge < -0.3 is 14.6 Å². The van der Waals surface area contributed by atoms with E-state index in [0.29, 0.717) is 42.1 Å². The van der Waals surface area contributed by atoms with Gasteiger partial charge in [-0.3, -0.25) is 14.5 Å². The highest BCUT2D eigenvalue weighted by Crippen LogP contribution is 2.30. The van der Waals surface area contributed by atoms with Crippen LogP contribution in [0.25, 0.3) is 0 Å². The lowest BCUT2D eigenvalue weighted by atomic mass is 10.1. The molecule has 3 aromatic carbocycles. The van der Waals surface area contributed by atoms with E-state index in [4.69, 9.17) is 9.47 Å². The molecule has 6 nitrogen and oxygen atoms in total. The molecule has 0 aliphatic rings. The average Bonchev–Trinajstić information content (AvgIpc) is 2.80. The number of anilines is 2. The number of carbonyl (C=O) groups is 2. The number of carbonyl (C=O) groups excluding carboxylic acids is 2. The van der Waals surface area contributed by atoms with E-state index in [0.717, 1.165) is 5.56 Å². The lowest BCUT2D eigenvalue weighted by molar-refractivity contribution is -0.143. The lowest BCUT2D eigenvalue weighted by Gasteiger charge is -2.23. The van der Waals surface area contributed by atoms with Crippen LogP contribution in [0, 0.1) is 0 Å². The Morgan fingerprint density at radius 2 is 1.45 bits per heavy atom. The summed E-state index contributed by atoms with van der Waals surface area (Å²) < 4.78 is 10.2. The van der Waals surface area contributed by atoms with Gasteiger partial charge in [0.15, 0.2) is 0 Å². The van der Waals surface area contributed by atoms with Crippen LogP contribution in [0.15, 0.2) is 72.8 Å². The molecule has 0 saturated heterocycles. The molecule has 0 unspecified atom stereocenters. The number of ether oxygens (including phenoxy) is 2. The Kier molecular flexibility index (Phi) is 7.27. The molecule has 160 valence electrons. The van der Waals surface area contributed by atoms with Gasteiger partial charge in [-0.25, -0.2) is 0 Å². The van der Waals surface area contributed by atoms with Crippen LogP contribution in [0.4, 0.5) is 11.4 Å². The third-order valence-electron chi connectivity index (χ3n) is 4.77. The van der Waals surface area contributed by atoms with E-state index < -0.39 is 0 Å². The number of benzene rings is 3. The first-order valence-corrected chi connectivity index (χ1v) is 10.0. The van der Waals surface area contributed by atoms with Gasteiger partial charge in [-0.15, -0.1) is 0 Å². The molecule has 1 amide bonds. The topological polar surface area (TPSA) is 76.1 Å². The van der Waals surface area contributed by atoms with Crippen LogP contribution in [0.2, 0.25) is 0 Å². The maximum Gasteiger partial charge on any atom is 0.306 e. The number of esters is 1. The van der Waals surface area contributed by atoms with Gasteiger partial charge in [-0.05, 0) is 79.6 Å². The Morgan fingerprint density at radius 1 is 0.871 bits per heavy atom. The number of phenols is 1. The standard InChI is InChI=1S/C25H25NO5/c1-3-31-24(28)17-6-18-4-7-19(8-5-18)25(29)26(20-9-13-22(27)14-10-20)21-11-15-23(30-2)16-12-21/h4-5,7-16,27H,3,6,17H2,1-2H3. The van der Waals surface area contributed by atoms with Crippen LogP contribution in [0.1, 0.15) is 29.3 Å². The Morgan fingerprint density at radius 3 is 2.00 bits per heavy atom. The van der Waals surface area contributed by atoms with Crippen molar-refractivity contribution >= 4 is 23.3 Å². The van der Waals surface area contributed by atoms with Crippen molar-refractivity contribution in [2.45, 2.75) is 19.8 Å². The molecule has 0 aliphatic heterocycles.